The summed E-state index contributed by atoms with van der Waals surface area (Å²) in [6.45, 7) is 18.7. The molecule has 0 aliphatic heterocycles. The Kier molecular flexibility index (Phi) is 12.0. The topological polar surface area (TPSA) is 0 Å². The predicted molar refractivity (Wildman–Crippen MR) is 213 cm³/mol. The predicted octanol–water partition coefficient (Wildman–Crippen LogP) is 15.5. The molecule has 47 heavy (non-hydrogen) atoms. The third kappa shape index (κ3) is 8.36. The van der Waals surface area contributed by atoms with Crippen LogP contribution in [0.3, 0.4) is 0 Å². The maximum atomic E-state index is 2.63. The summed E-state index contributed by atoms with van der Waals surface area (Å²) in [4.78, 5) is 5.76. The fourth-order valence-corrected chi connectivity index (χ4v) is 9.79. The molecule has 254 valence electrons. The zero-order valence-corrected chi connectivity index (χ0v) is 32.6. The molecule has 2 heteroatoms. The lowest BCUT2D eigenvalue weighted by molar-refractivity contribution is 0.398. The van der Waals surface area contributed by atoms with Gasteiger partial charge in [0.05, 0.1) is 0 Å². The largest absolute Gasteiger partial charge is 0.140 e. The number of hydrogen-bond acceptors (Lipinski definition) is 2. The van der Waals surface area contributed by atoms with Crippen LogP contribution in [0.25, 0.3) is 32.0 Å². The van der Waals surface area contributed by atoms with Crippen LogP contribution < -0.4 is 0 Å². The smallest absolute Gasteiger partial charge is 0.0345 e. The van der Waals surface area contributed by atoms with E-state index in [1.807, 2.05) is 22.7 Å². The van der Waals surface area contributed by atoms with Crippen LogP contribution in [0.1, 0.15) is 166 Å². The van der Waals surface area contributed by atoms with Gasteiger partial charge in [-0.1, -0.05) is 157 Å². The molecule has 2 heterocycles. The van der Waals surface area contributed by atoms with Crippen molar-refractivity contribution in [2.24, 2.45) is 0 Å². The number of fused-ring (bicyclic) bond motifs is 3. The van der Waals surface area contributed by atoms with Crippen molar-refractivity contribution in [3.05, 3.63) is 81.5 Å². The average Bonchev–Trinajstić information content (AvgIpc) is 3.79. The van der Waals surface area contributed by atoms with Crippen molar-refractivity contribution >= 4 is 22.7 Å². The van der Waals surface area contributed by atoms with Crippen molar-refractivity contribution in [3.63, 3.8) is 0 Å². The van der Waals surface area contributed by atoms with E-state index in [1.54, 1.807) is 11.1 Å². The van der Waals surface area contributed by atoms with Crippen molar-refractivity contribution in [3.8, 4) is 32.0 Å². The van der Waals surface area contributed by atoms with Gasteiger partial charge in [-0.2, -0.15) is 0 Å². The van der Waals surface area contributed by atoms with Crippen LogP contribution in [-0.2, 0) is 16.2 Å². The van der Waals surface area contributed by atoms with E-state index in [2.05, 4.69) is 116 Å². The Hall–Kier alpha value is -2.16. The first-order valence-electron chi connectivity index (χ1n) is 19.0. The second kappa shape index (κ2) is 15.6. The Balaban J connectivity index is 1.58. The number of rotatable bonds is 16. The maximum absolute atomic E-state index is 2.63. The van der Waals surface area contributed by atoms with Crippen LogP contribution in [0, 0.1) is 0 Å². The van der Waals surface area contributed by atoms with Crippen molar-refractivity contribution in [1.29, 1.82) is 0 Å². The molecule has 0 unspecified atom stereocenters. The van der Waals surface area contributed by atoms with Gasteiger partial charge in [-0.05, 0) is 93.5 Å². The van der Waals surface area contributed by atoms with E-state index in [4.69, 9.17) is 0 Å². The van der Waals surface area contributed by atoms with Gasteiger partial charge < -0.3 is 0 Å². The molecule has 0 nitrogen and oxygen atoms in total. The molecule has 0 fully saturated rings. The van der Waals surface area contributed by atoms with E-state index >= 15 is 0 Å². The zero-order valence-electron chi connectivity index (χ0n) is 31.0. The summed E-state index contributed by atoms with van der Waals surface area (Å²) in [5.41, 5.74) is 9.44. The Morgan fingerprint density at radius 2 is 0.851 bits per heavy atom. The van der Waals surface area contributed by atoms with E-state index in [1.165, 1.54) is 132 Å². The molecule has 2 aromatic heterocycles. The third-order valence-electron chi connectivity index (χ3n) is 10.5. The van der Waals surface area contributed by atoms with Gasteiger partial charge in [0.1, 0.15) is 0 Å². The van der Waals surface area contributed by atoms with Crippen molar-refractivity contribution in [2.45, 2.75) is 162 Å². The quantitative estimate of drug-likeness (QED) is 0.104. The van der Waals surface area contributed by atoms with Gasteiger partial charge in [0, 0.05) is 24.9 Å². The molecule has 0 N–H and O–H groups in total. The standard InChI is InChI=1S/C45H62S2/c1-9-11-13-15-17-19-29-45(30-20-18-16-14-12-10-2)37-31-33(39-25-27-41(46-39)43(3,4)5)21-23-35(37)36-24-22-34(32-38(36)45)40-26-28-42(47-40)44(6,7)8/h21-28,31-32H,9-20,29-30H2,1-8H3. The summed E-state index contributed by atoms with van der Waals surface area (Å²) in [7, 11) is 0. The van der Waals surface area contributed by atoms with E-state index < -0.39 is 0 Å². The summed E-state index contributed by atoms with van der Waals surface area (Å²) in [6, 6.07) is 24.5. The summed E-state index contributed by atoms with van der Waals surface area (Å²) < 4.78 is 0. The van der Waals surface area contributed by atoms with Crippen LogP contribution in [0.2, 0.25) is 0 Å². The number of benzene rings is 2. The Bertz CT molecular complexity index is 1460. The van der Waals surface area contributed by atoms with Gasteiger partial charge in [-0.3, -0.25) is 0 Å². The zero-order chi connectivity index (χ0) is 33.7. The van der Waals surface area contributed by atoms with Crippen molar-refractivity contribution < 1.29 is 0 Å². The highest BCUT2D eigenvalue weighted by Gasteiger charge is 2.42. The second-order valence-corrected chi connectivity index (χ2v) is 18.6. The maximum Gasteiger partial charge on any atom is 0.0345 e. The number of thiophene rings is 2. The van der Waals surface area contributed by atoms with Crippen LogP contribution in [0.5, 0.6) is 0 Å². The fourth-order valence-electron chi connectivity index (χ4n) is 7.67. The first kappa shape index (κ1) is 36.1. The molecule has 0 bridgehead atoms. The van der Waals surface area contributed by atoms with Crippen LogP contribution in [-0.4, -0.2) is 0 Å². The second-order valence-electron chi connectivity index (χ2n) is 16.5. The van der Waals surface area contributed by atoms with E-state index in [9.17, 15) is 0 Å². The van der Waals surface area contributed by atoms with Crippen molar-refractivity contribution in [1.82, 2.24) is 0 Å². The van der Waals surface area contributed by atoms with Gasteiger partial charge in [0.15, 0.2) is 0 Å². The minimum absolute atomic E-state index is 0.0838. The molecular formula is C45H62S2. The highest BCUT2D eigenvalue weighted by molar-refractivity contribution is 7.16. The number of unbranched alkanes of at least 4 members (excludes halogenated alkanes) is 10. The molecule has 1 aliphatic rings. The van der Waals surface area contributed by atoms with Gasteiger partial charge in [0.25, 0.3) is 0 Å². The Labute approximate surface area is 296 Å². The Morgan fingerprint density at radius 3 is 1.21 bits per heavy atom. The summed E-state index contributed by atoms with van der Waals surface area (Å²) in [6.07, 6.45) is 18.7. The van der Waals surface area contributed by atoms with Crippen LogP contribution in [0.4, 0.5) is 0 Å². The highest BCUT2D eigenvalue weighted by Crippen LogP contribution is 2.56. The molecule has 0 saturated carbocycles. The monoisotopic (exact) mass is 666 g/mol. The van der Waals surface area contributed by atoms with Crippen LogP contribution >= 0.6 is 22.7 Å². The lowest BCUT2D eigenvalue weighted by Crippen LogP contribution is -2.25. The molecule has 0 atom stereocenters. The first-order chi connectivity index (χ1) is 22.5. The minimum Gasteiger partial charge on any atom is -0.140 e. The molecule has 5 rings (SSSR count). The molecule has 2 aromatic carbocycles. The molecule has 4 aromatic rings. The van der Waals surface area contributed by atoms with E-state index in [-0.39, 0.29) is 16.2 Å². The Morgan fingerprint density at radius 1 is 0.468 bits per heavy atom. The molecule has 1 aliphatic carbocycles. The fraction of sp³-hybridized carbons (Fsp3) is 0.556. The van der Waals surface area contributed by atoms with Gasteiger partial charge in [-0.25, -0.2) is 0 Å². The highest BCUT2D eigenvalue weighted by atomic mass is 32.1. The lowest BCUT2D eigenvalue weighted by atomic mass is 9.70. The molecule has 0 saturated heterocycles. The summed E-state index contributed by atoms with van der Waals surface area (Å²) in [5, 5.41) is 0. The van der Waals surface area contributed by atoms with E-state index in [0.29, 0.717) is 0 Å². The van der Waals surface area contributed by atoms with E-state index in [0.717, 1.165) is 0 Å². The van der Waals surface area contributed by atoms with Crippen molar-refractivity contribution in [2.75, 3.05) is 0 Å². The normalized spacial score (nSPS) is 14.0. The first-order valence-corrected chi connectivity index (χ1v) is 20.6. The summed E-state index contributed by atoms with van der Waals surface area (Å²) >= 11 is 3.97. The van der Waals surface area contributed by atoms with Gasteiger partial charge in [0.2, 0.25) is 0 Å². The molecular weight excluding hydrogens is 605 g/mol. The van der Waals surface area contributed by atoms with Crippen LogP contribution in [0.15, 0.2) is 60.7 Å². The third-order valence-corrected chi connectivity index (χ3v) is 13.7. The molecule has 0 spiro atoms. The molecule has 0 amide bonds. The summed E-state index contributed by atoms with van der Waals surface area (Å²) in [5.74, 6) is 0. The molecule has 0 radical (unpaired) electrons. The lowest BCUT2D eigenvalue weighted by Gasteiger charge is -2.33. The SMILES string of the molecule is CCCCCCCCC1(CCCCCCCC)c2cc(-c3ccc(C(C)(C)C)s3)ccc2-c2ccc(-c3ccc(C(C)(C)C)s3)cc21. The minimum atomic E-state index is 0.0838. The van der Waals surface area contributed by atoms with Gasteiger partial charge in [-0.15, -0.1) is 22.7 Å². The van der Waals surface area contributed by atoms with Gasteiger partial charge >= 0.3 is 0 Å². The number of hydrogen-bond donors (Lipinski definition) is 0. The average molecular weight is 667 g/mol.